The quantitative estimate of drug-likeness (QED) is 0.136. The molecule has 15 heteroatoms. The molecule has 7 N–H and O–H groups in total. The number of nitrogen functional groups attached to an aromatic ring is 2. The summed E-state index contributed by atoms with van der Waals surface area (Å²) in [6.45, 7) is 5.44. The van der Waals surface area contributed by atoms with Crippen LogP contribution in [-0.4, -0.2) is 92.2 Å². The second-order valence-electron chi connectivity index (χ2n) is 13.7. The first-order chi connectivity index (χ1) is 26.7. The van der Waals surface area contributed by atoms with Crippen LogP contribution in [0.2, 0.25) is 5.15 Å². The van der Waals surface area contributed by atoms with E-state index in [1.165, 1.54) is 6.20 Å². The van der Waals surface area contributed by atoms with E-state index in [9.17, 15) is 0 Å². The van der Waals surface area contributed by atoms with E-state index in [0.29, 0.717) is 47.5 Å². The van der Waals surface area contributed by atoms with E-state index in [4.69, 9.17) is 38.3 Å². The van der Waals surface area contributed by atoms with Crippen molar-refractivity contribution in [1.29, 1.82) is 0 Å². The van der Waals surface area contributed by atoms with Crippen LogP contribution in [-0.2, 0) is 13.1 Å². The van der Waals surface area contributed by atoms with Crippen LogP contribution < -0.4 is 32.0 Å². The lowest BCUT2D eigenvalue weighted by molar-refractivity contribution is 0.109. The minimum Gasteiger partial charge on any atom is -0.473 e. The van der Waals surface area contributed by atoms with Gasteiger partial charge in [0.05, 0.1) is 24.8 Å². The van der Waals surface area contributed by atoms with E-state index < -0.39 is 0 Å². The van der Waals surface area contributed by atoms with Gasteiger partial charge in [-0.05, 0) is 85.9 Å². The first-order valence-corrected chi connectivity index (χ1v) is 18.8. The first-order valence-electron chi connectivity index (χ1n) is 18.4. The van der Waals surface area contributed by atoms with Crippen molar-refractivity contribution < 1.29 is 9.47 Å². The number of aromatic nitrogens is 6. The van der Waals surface area contributed by atoms with E-state index in [2.05, 4.69) is 65.2 Å². The van der Waals surface area contributed by atoms with Gasteiger partial charge in [0, 0.05) is 62.4 Å². The van der Waals surface area contributed by atoms with E-state index in [0.717, 1.165) is 84.5 Å². The van der Waals surface area contributed by atoms with Crippen LogP contribution >= 0.6 is 11.6 Å². The third-order valence-corrected chi connectivity index (χ3v) is 9.71. The van der Waals surface area contributed by atoms with Gasteiger partial charge < -0.3 is 41.8 Å². The van der Waals surface area contributed by atoms with Gasteiger partial charge in [0.2, 0.25) is 11.8 Å². The topological polar surface area (TPSA) is 192 Å². The van der Waals surface area contributed by atoms with Crippen molar-refractivity contribution in [3.05, 3.63) is 102 Å². The zero-order chi connectivity index (χ0) is 38.6. The molecule has 2 aliphatic heterocycles. The molecule has 0 aliphatic carbocycles. The van der Waals surface area contributed by atoms with Crippen molar-refractivity contribution in [1.82, 2.24) is 39.7 Å². The Kier molecular flexibility index (Phi) is 15.3. The van der Waals surface area contributed by atoms with Crippen LogP contribution in [0, 0.1) is 0 Å². The average Bonchev–Trinajstić information content (AvgIpc) is 3.20. The number of nitrogens with one attached hydrogen (secondary N) is 1. The van der Waals surface area contributed by atoms with Crippen LogP contribution in [0.4, 0.5) is 17.5 Å². The van der Waals surface area contributed by atoms with E-state index >= 15 is 0 Å². The second kappa shape index (κ2) is 20.5. The molecule has 6 aromatic rings. The number of nitrogens with zero attached hydrogens (tertiary/aromatic N) is 8. The Labute approximate surface area is 333 Å². The summed E-state index contributed by atoms with van der Waals surface area (Å²) in [6, 6.07) is 16.0. The zero-order valence-electron chi connectivity index (χ0n) is 31.3. The van der Waals surface area contributed by atoms with Crippen molar-refractivity contribution in [3.63, 3.8) is 0 Å². The van der Waals surface area contributed by atoms with Gasteiger partial charge in [0.1, 0.15) is 29.7 Å². The second-order valence-corrected chi connectivity index (χ2v) is 14.1. The van der Waals surface area contributed by atoms with Crippen LogP contribution in [0.25, 0.3) is 21.5 Å². The fraction of sp³-hybridized carbons (Fsp3) is 0.366. The molecule has 0 spiro atoms. The molecule has 8 rings (SSSR count). The molecule has 2 aliphatic rings. The van der Waals surface area contributed by atoms with E-state index in [1.807, 2.05) is 42.5 Å². The van der Waals surface area contributed by atoms with Gasteiger partial charge in [-0.25, -0.2) is 9.97 Å². The minimum atomic E-state index is 0. The van der Waals surface area contributed by atoms with Crippen LogP contribution in [0.15, 0.2) is 85.7 Å². The number of pyridine rings is 2. The maximum Gasteiger partial charge on any atom is 0.234 e. The highest BCUT2D eigenvalue weighted by molar-refractivity contribution is 6.29. The highest BCUT2D eigenvalue weighted by Crippen LogP contribution is 2.23. The first kappa shape index (κ1) is 41.7. The number of nitrogens with two attached hydrogens (primary N) is 3. The molecule has 0 unspecified atom stereocenters. The number of piperidine rings is 2. The Morgan fingerprint density at radius 3 is 1.73 bits per heavy atom. The van der Waals surface area contributed by atoms with Gasteiger partial charge >= 0.3 is 0 Å². The number of halogens is 1. The molecule has 296 valence electrons. The van der Waals surface area contributed by atoms with Crippen molar-refractivity contribution >= 4 is 50.6 Å². The van der Waals surface area contributed by atoms with Crippen molar-refractivity contribution in [3.8, 4) is 11.8 Å². The number of rotatable bonds is 8. The Bertz CT molecular complexity index is 2140. The summed E-state index contributed by atoms with van der Waals surface area (Å²) >= 11 is 5.72. The summed E-state index contributed by atoms with van der Waals surface area (Å²) in [6.07, 6.45) is 14.5. The van der Waals surface area contributed by atoms with Crippen LogP contribution in [0.1, 0.15) is 44.2 Å². The molecule has 0 bridgehead atoms. The SMILES string of the molecule is C.CN1CCC(Oc2cncc(Cl)n2)CC1.CN1CCC(Oc2cncc(NCc3ccc4c(N)nccc4c3)n2)CC1.NCc1ccc2c(N)nccc2c1. The molecular formula is C41H53ClN12O2. The van der Waals surface area contributed by atoms with Gasteiger partial charge in [-0.15, -0.1) is 0 Å². The van der Waals surface area contributed by atoms with Crippen molar-refractivity contribution in [2.75, 3.05) is 57.1 Å². The Morgan fingerprint density at radius 2 is 1.20 bits per heavy atom. The molecule has 6 heterocycles. The number of benzene rings is 2. The highest BCUT2D eigenvalue weighted by Gasteiger charge is 2.20. The third kappa shape index (κ3) is 12.0. The molecule has 56 heavy (non-hydrogen) atoms. The normalized spacial score (nSPS) is 15.1. The number of hydrogen-bond donors (Lipinski definition) is 4. The monoisotopic (exact) mass is 780 g/mol. The summed E-state index contributed by atoms with van der Waals surface area (Å²) in [5.41, 5.74) is 19.4. The fourth-order valence-corrected chi connectivity index (χ4v) is 6.49. The number of anilines is 3. The molecule has 0 atom stereocenters. The Balaban J connectivity index is 0.000000175. The summed E-state index contributed by atoms with van der Waals surface area (Å²) in [7, 11) is 4.26. The maximum absolute atomic E-state index is 6.01. The average molecular weight is 781 g/mol. The van der Waals surface area contributed by atoms with E-state index in [-0.39, 0.29) is 19.6 Å². The van der Waals surface area contributed by atoms with Gasteiger partial charge in [0.15, 0.2) is 5.15 Å². The molecule has 2 saturated heterocycles. The fourth-order valence-electron chi connectivity index (χ4n) is 6.35. The molecular weight excluding hydrogens is 728 g/mol. The standard InChI is InChI=1S/C20H24N6O.C10H14ClN3O.C10H11N3.CH4/c1-26-8-5-16(6-9-26)27-19-13-22-12-18(25-19)24-11-14-2-3-17-15(10-14)4-7-23-20(17)21;1-14-4-2-8(3-5-14)15-10-7-12-6-9(11)13-10;11-6-7-1-2-9-8(5-7)3-4-13-10(9)12;/h2-4,7,10,12-13,16H,5-6,8-9,11H2,1H3,(H2,21,23)(H,24,25);6-8H,2-5H2,1H3;1-5H,6,11H2,(H2,12,13);1H4. The van der Waals surface area contributed by atoms with Crippen molar-refractivity contribution in [2.45, 2.75) is 58.4 Å². The number of fused-ring (bicyclic) bond motifs is 2. The predicted molar refractivity (Wildman–Crippen MR) is 226 cm³/mol. The van der Waals surface area contributed by atoms with Gasteiger partial charge in [-0.3, -0.25) is 9.97 Å². The lowest BCUT2D eigenvalue weighted by atomic mass is 10.1. The van der Waals surface area contributed by atoms with Gasteiger partial charge in [0.25, 0.3) is 0 Å². The minimum absolute atomic E-state index is 0. The van der Waals surface area contributed by atoms with Crippen molar-refractivity contribution in [2.24, 2.45) is 5.73 Å². The van der Waals surface area contributed by atoms with E-state index in [1.54, 1.807) is 31.0 Å². The highest BCUT2D eigenvalue weighted by atomic mass is 35.5. The predicted octanol–water partition coefficient (Wildman–Crippen LogP) is 6.21. The molecule has 0 radical (unpaired) electrons. The molecule has 14 nitrogen and oxygen atoms in total. The zero-order valence-corrected chi connectivity index (χ0v) is 32.1. The smallest absolute Gasteiger partial charge is 0.234 e. The molecule has 2 aromatic carbocycles. The molecule has 2 fully saturated rings. The van der Waals surface area contributed by atoms with Crippen LogP contribution in [0.5, 0.6) is 11.8 Å². The Hall–Kier alpha value is -5.41. The molecule has 0 amide bonds. The number of likely N-dealkylation sites (tertiary alicyclic amines) is 2. The maximum atomic E-state index is 6.01. The largest absolute Gasteiger partial charge is 0.473 e. The van der Waals surface area contributed by atoms with Gasteiger partial charge in [-0.1, -0.05) is 43.3 Å². The third-order valence-electron chi connectivity index (χ3n) is 9.53. The summed E-state index contributed by atoms with van der Waals surface area (Å²) in [4.78, 5) is 29.5. The summed E-state index contributed by atoms with van der Waals surface area (Å²) in [5, 5.41) is 7.81. The molecule has 0 saturated carbocycles. The summed E-state index contributed by atoms with van der Waals surface area (Å²) in [5.74, 6) is 2.93. The number of ether oxygens (including phenoxy) is 2. The Morgan fingerprint density at radius 1 is 0.696 bits per heavy atom. The number of hydrogen-bond acceptors (Lipinski definition) is 14. The summed E-state index contributed by atoms with van der Waals surface area (Å²) < 4.78 is 11.7. The lowest BCUT2D eigenvalue weighted by Crippen LogP contribution is -2.35. The lowest BCUT2D eigenvalue weighted by Gasteiger charge is -2.28. The van der Waals surface area contributed by atoms with Gasteiger partial charge in [-0.2, -0.15) is 9.97 Å². The molecule has 4 aromatic heterocycles. The van der Waals surface area contributed by atoms with Crippen LogP contribution in [0.3, 0.4) is 0 Å².